The average molecular weight is 348 g/mol. The third-order valence-corrected chi connectivity index (χ3v) is 5.14. The molecule has 1 aromatic carbocycles. The average Bonchev–Trinajstić information content (AvgIpc) is 2.33. The molecular formula is C14H22BrNO2S. The largest absolute Gasteiger partial charge is 0.496 e. The van der Waals surface area contributed by atoms with Crippen LogP contribution in [0.3, 0.4) is 0 Å². The Morgan fingerprint density at radius 1 is 1.37 bits per heavy atom. The fourth-order valence-electron chi connectivity index (χ4n) is 1.58. The summed E-state index contributed by atoms with van der Waals surface area (Å²) in [5.41, 5.74) is 1.10. The molecule has 108 valence electrons. The lowest BCUT2D eigenvalue weighted by Gasteiger charge is -2.18. The Bertz CT molecular complexity index is 444. The molecular weight excluding hydrogens is 326 g/mol. The zero-order valence-electron chi connectivity index (χ0n) is 12.0. The zero-order valence-corrected chi connectivity index (χ0v) is 14.4. The molecule has 1 N–H and O–H groups in total. The summed E-state index contributed by atoms with van der Waals surface area (Å²) in [6.45, 7) is 7.45. The van der Waals surface area contributed by atoms with Crippen molar-refractivity contribution in [1.29, 1.82) is 0 Å². The molecule has 0 unspecified atom stereocenters. The van der Waals surface area contributed by atoms with Crippen LogP contribution in [0.15, 0.2) is 22.7 Å². The van der Waals surface area contributed by atoms with Gasteiger partial charge < -0.3 is 10.1 Å². The molecule has 0 radical (unpaired) electrons. The van der Waals surface area contributed by atoms with Crippen molar-refractivity contribution >= 4 is 26.7 Å². The summed E-state index contributed by atoms with van der Waals surface area (Å²) in [5.74, 6) is 1.53. The molecule has 0 saturated carbocycles. The van der Waals surface area contributed by atoms with E-state index in [1.54, 1.807) is 7.11 Å². The molecule has 1 atom stereocenters. The monoisotopic (exact) mass is 347 g/mol. The van der Waals surface area contributed by atoms with Crippen molar-refractivity contribution in [3.05, 3.63) is 28.2 Å². The summed E-state index contributed by atoms with van der Waals surface area (Å²) in [6, 6.07) is 5.93. The first-order chi connectivity index (χ1) is 8.84. The van der Waals surface area contributed by atoms with Crippen LogP contribution in [0.2, 0.25) is 0 Å². The second kappa shape index (κ2) is 7.41. The number of hydrogen-bond acceptors (Lipinski definition) is 3. The van der Waals surface area contributed by atoms with Gasteiger partial charge in [-0.05, 0) is 39.0 Å². The minimum Gasteiger partial charge on any atom is -0.496 e. The molecule has 0 amide bonds. The van der Waals surface area contributed by atoms with Crippen LogP contribution in [0.25, 0.3) is 0 Å². The van der Waals surface area contributed by atoms with E-state index in [1.165, 1.54) is 0 Å². The van der Waals surface area contributed by atoms with Crippen LogP contribution < -0.4 is 10.1 Å². The Labute approximate surface area is 126 Å². The van der Waals surface area contributed by atoms with E-state index in [4.69, 9.17) is 4.74 Å². The summed E-state index contributed by atoms with van der Waals surface area (Å²) >= 11 is 3.45. The van der Waals surface area contributed by atoms with Crippen LogP contribution in [-0.4, -0.2) is 28.4 Å². The predicted octanol–water partition coefficient (Wildman–Crippen LogP) is 3.09. The van der Waals surface area contributed by atoms with Gasteiger partial charge in [-0.2, -0.15) is 0 Å². The Kier molecular flexibility index (Phi) is 6.50. The molecule has 0 heterocycles. The summed E-state index contributed by atoms with van der Waals surface area (Å²) in [4.78, 5) is 0. The van der Waals surface area contributed by atoms with Gasteiger partial charge in [0.05, 0.1) is 7.11 Å². The topological polar surface area (TPSA) is 38.3 Å². The maximum atomic E-state index is 11.9. The van der Waals surface area contributed by atoms with Gasteiger partial charge >= 0.3 is 0 Å². The molecule has 0 bridgehead atoms. The van der Waals surface area contributed by atoms with Gasteiger partial charge in [-0.3, -0.25) is 4.21 Å². The summed E-state index contributed by atoms with van der Waals surface area (Å²) in [5, 5.41) is 3.31. The second-order valence-electron chi connectivity index (χ2n) is 5.29. The predicted molar refractivity (Wildman–Crippen MR) is 85.2 cm³/mol. The lowest BCUT2D eigenvalue weighted by Crippen LogP contribution is -2.29. The molecule has 5 heteroatoms. The highest BCUT2D eigenvalue weighted by atomic mass is 79.9. The molecule has 1 aromatic rings. The van der Waals surface area contributed by atoms with Crippen LogP contribution in [0.5, 0.6) is 5.75 Å². The Morgan fingerprint density at radius 3 is 2.63 bits per heavy atom. The first kappa shape index (κ1) is 16.7. The maximum Gasteiger partial charge on any atom is 0.123 e. The minimum absolute atomic E-state index is 0.144. The first-order valence-corrected chi connectivity index (χ1v) is 8.37. The van der Waals surface area contributed by atoms with Crippen LogP contribution in [-0.2, 0) is 17.3 Å². The van der Waals surface area contributed by atoms with Gasteiger partial charge in [-0.1, -0.05) is 15.9 Å². The van der Waals surface area contributed by atoms with Crippen LogP contribution in [0, 0.1) is 0 Å². The van der Waals surface area contributed by atoms with Gasteiger partial charge in [-0.25, -0.2) is 0 Å². The van der Waals surface area contributed by atoms with Crippen molar-refractivity contribution in [3.8, 4) is 5.75 Å². The fraction of sp³-hybridized carbons (Fsp3) is 0.571. The van der Waals surface area contributed by atoms with Crippen LogP contribution >= 0.6 is 15.9 Å². The normalized spacial score (nSPS) is 13.3. The third kappa shape index (κ3) is 5.63. The lowest BCUT2D eigenvalue weighted by molar-refractivity contribution is 0.408. The molecule has 0 spiro atoms. The number of hydrogen-bond donors (Lipinski definition) is 1. The molecule has 3 nitrogen and oxygen atoms in total. The Morgan fingerprint density at radius 2 is 2.05 bits per heavy atom. The van der Waals surface area contributed by atoms with E-state index in [0.29, 0.717) is 12.3 Å². The molecule has 0 fully saturated rings. The Balaban J connectivity index is 2.46. The number of halogens is 1. The number of nitrogens with one attached hydrogen (secondary N) is 1. The molecule has 19 heavy (non-hydrogen) atoms. The molecule has 0 aliphatic heterocycles. The van der Waals surface area contributed by atoms with Crippen molar-refractivity contribution in [3.63, 3.8) is 0 Å². The highest BCUT2D eigenvalue weighted by Crippen LogP contribution is 2.22. The van der Waals surface area contributed by atoms with Crippen LogP contribution in [0.1, 0.15) is 26.3 Å². The lowest BCUT2D eigenvalue weighted by atomic mass is 10.2. The van der Waals surface area contributed by atoms with Gasteiger partial charge in [0.2, 0.25) is 0 Å². The van der Waals surface area contributed by atoms with E-state index in [0.717, 1.165) is 22.3 Å². The quantitative estimate of drug-likeness (QED) is 0.803. The van der Waals surface area contributed by atoms with E-state index in [-0.39, 0.29) is 4.75 Å². The van der Waals surface area contributed by atoms with Gasteiger partial charge in [0.1, 0.15) is 5.75 Å². The van der Waals surface area contributed by atoms with Crippen LogP contribution in [0.4, 0.5) is 0 Å². The number of benzene rings is 1. The Hall–Kier alpha value is -0.390. The number of methoxy groups -OCH3 is 1. The smallest absolute Gasteiger partial charge is 0.123 e. The van der Waals surface area contributed by atoms with Gasteiger partial charge in [0.25, 0.3) is 0 Å². The molecule has 0 aliphatic carbocycles. The summed E-state index contributed by atoms with van der Waals surface area (Å²) < 4.78 is 18.1. The van der Waals surface area contributed by atoms with Gasteiger partial charge in [-0.15, -0.1) is 0 Å². The van der Waals surface area contributed by atoms with E-state index in [9.17, 15) is 4.21 Å². The highest BCUT2D eigenvalue weighted by molar-refractivity contribution is 9.10. The van der Waals surface area contributed by atoms with Crippen molar-refractivity contribution in [2.45, 2.75) is 32.1 Å². The maximum absolute atomic E-state index is 11.9. The SMILES string of the molecule is COc1ccc(Br)cc1CNCC[S@](=O)C(C)(C)C. The molecule has 0 saturated heterocycles. The fourth-order valence-corrected chi connectivity index (χ4v) is 2.93. The third-order valence-electron chi connectivity index (χ3n) is 2.71. The summed E-state index contributed by atoms with van der Waals surface area (Å²) in [7, 11) is 0.858. The standard InChI is InChI=1S/C14H22BrNO2S/c1-14(2,3)19(17)8-7-16-10-11-9-12(15)5-6-13(11)18-4/h5-6,9,16H,7-8,10H2,1-4H3/t19-/m0/s1. The molecule has 1 rings (SSSR count). The summed E-state index contributed by atoms with van der Waals surface area (Å²) in [6.07, 6.45) is 0. The molecule has 0 aliphatic rings. The minimum atomic E-state index is -0.810. The van der Waals surface area contributed by atoms with E-state index < -0.39 is 10.8 Å². The number of ether oxygens (including phenoxy) is 1. The molecule has 0 aromatic heterocycles. The second-order valence-corrected chi connectivity index (χ2v) is 8.53. The van der Waals surface area contributed by atoms with E-state index in [2.05, 4.69) is 21.2 Å². The first-order valence-electron chi connectivity index (χ1n) is 6.26. The van der Waals surface area contributed by atoms with Crippen molar-refractivity contribution in [1.82, 2.24) is 5.32 Å². The van der Waals surface area contributed by atoms with Gasteiger partial charge in [0.15, 0.2) is 0 Å². The van der Waals surface area contributed by atoms with Crippen molar-refractivity contribution < 1.29 is 8.95 Å². The van der Waals surface area contributed by atoms with Crippen molar-refractivity contribution in [2.75, 3.05) is 19.4 Å². The van der Waals surface area contributed by atoms with Gasteiger partial charge in [0, 0.05) is 44.4 Å². The van der Waals surface area contributed by atoms with E-state index in [1.807, 2.05) is 39.0 Å². The highest BCUT2D eigenvalue weighted by Gasteiger charge is 2.18. The van der Waals surface area contributed by atoms with E-state index >= 15 is 0 Å². The van der Waals surface area contributed by atoms with Crippen molar-refractivity contribution in [2.24, 2.45) is 0 Å². The number of rotatable bonds is 6. The zero-order chi connectivity index (χ0) is 14.5.